The number of nitrogens with two attached hydrogens (primary N) is 2. The van der Waals surface area contributed by atoms with Crippen LogP contribution in [0.3, 0.4) is 0 Å². The molecule has 0 aliphatic heterocycles. The van der Waals surface area contributed by atoms with E-state index in [0.717, 1.165) is 23.1 Å². The molecule has 0 fully saturated rings. The molecule has 4 N–H and O–H groups in total. The maximum atomic E-state index is 11.9. The summed E-state index contributed by atoms with van der Waals surface area (Å²) in [6.07, 6.45) is 0. The summed E-state index contributed by atoms with van der Waals surface area (Å²) in [7, 11) is 0. The molecule has 0 unspecified atom stereocenters. The predicted octanol–water partition coefficient (Wildman–Crippen LogP) is 2.75. The fourth-order valence-electron chi connectivity index (χ4n) is 3.01. The lowest BCUT2D eigenvalue weighted by atomic mass is 10.1. The Morgan fingerprint density at radius 2 is 1.65 bits per heavy atom. The van der Waals surface area contributed by atoms with Crippen LogP contribution in [0.2, 0.25) is 0 Å². The lowest BCUT2D eigenvalue weighted by Gasteiger charge is -2.30. The normalized spacial score (nSPS) is 11.3. The molecule has 0 aromatic heterocycles. The van der Waals surface area contributed by atoms with E-state index in [9.17, 15) is 4.79 Å². The zero-order chi connectivity index (χ0) is 19.3. The lowest BCUT2D eigenvalue weighted by molar-refractivity contribution is 0.100. The van der Waals surface area contributed by atoms with Crippen LogP contribution < -0.4 is 16.2 Å². The van der Waals surface area contributed by atoms with Crippen molar-refractivity contribution in [2.45, 2.75) is 39.8 Å². The highest BCUT2D eigenvalue weighted by atomic mass is 16.5. The average molecular weight is 356 g/mol. The molecule has 1 amide bonds. The van der Waals surface area contributed by atoms with E-state index < -0.39 is 5.91 Å². The van der Waals surface area contributed by atoms with Crippen molar-refractivity contribution in [2.24, 2.45) is 16.5 Å². The van der Waals surface area contributed by atoms with E-state index >= 15 is 0 Å². The van der Waals surface area contributed by atoms with Crippen molar-refractivity contribution < 1.29 is 9.53 Å². The number of rotatable bonds is 7. The Hall–Kier alpha value is -2.60. The van der Waals surface area contributed by atoms with Crippen molar-refractivity contribution in [2.75, 3.05) is 13.2 Å². The fraction of sp³-hybridized carbons (Fsp3) is 0.400. The van der Waals surface area contributed by atoms with Crippen LogP contribution in [-0.4, -0.2) is 42.0 Å². The predicted molar refractivity (Wildman–Crippen MR) is 107 cm³/mol. The first kappa shape index (κ1) is 19.7. The van der Waals surface area contributed by atoms with Crippen molar-refractivity contribution in [3.8, 4) is 5.75 Å². The average Bonchev–Trinajstić information content (AvgIpc) is 2.56. The number of aliphatic imine (C=N–C) groups is 1. The monoisotopic (exact) mass is 356 g/mol. The first-order chi connectivity index (χ1) is 12.3. The van der Waals surface area contributed by atoms with E-state index in [1.807, 2.05) is 24.3 Å². The summed E-state index contributed by atoms with van der Waals surface area (Å²) < 4.78 is 5.91. The van der Waals surface area contributed by atoms with Gasteiger partial charge in [0.05, 0.1) is 0 Å². The van der Waals surface area contributed by atoms with E-state index in [0.29, 0.717) is 24.3 Å². The number of hydrogen-bond donors (Lipinski definition) is 2. The first-order valence-corrected chi connectivity index (χ1v) is 8.84. The number of nitrogens with zero attached hydrogens (tertiary/aromatic N) is 2. The maximum Gasteiger partial charge on any atom is 0.280 e. The summed E-state index contributed by atoms with van der Waals surface area (Å²) in [6, 6.07) is 12.1. The van der Waals surface area contributed by atoms with Crippen LogP contribution in [0.1, 0.15) is 38.1 Å². The molecule has 2 aromatic carbocycles. The quantitative estimate of drug-likeness (QED) is 0.588. The van der Waals surface area contributed by atoms with Gasteiger partial charge >= 0.3 is 0 Å². The van der Waals surface area contributed by atoms with Crippen molar-refractivity contribution in [3.63, 3.8) is 0 Å². The molecule has 0 atom stereocenters. The van der Waals surface area contributed by atoms with Gasteiger partial charge in [-0.1, -0.05) is 12.1 Å². The van der Waals surface area contributed by atoms with Crippen molar-refractivity contribution in [1.29, 1.82) is 0 Å². The molecule has 0 bridgehead atoms. The van der Waals surface area contributed by atoms with Gasteiger partial charge < -0.3 is 16.2 Å². The van der Waals surface area contributed by atoms with Gasteiger partial charge in [-0.2, -0.15) is 4.99 Å². The molecule has 6 heteroatoms. The van der Waals surface area contributed by atoms with Gasteiger partial charge in [-0.05, 0) is 62.7 Å². The standard InChI is InChI=1S/C20H28N4O2/c1-13(2)24(14(3)4)9-10-26-18-8-7-15-11-17(6-5-16(15)12-18)19(25)23-20(21)22/h5-8,11-14H,9-10H2,1-4H3,(H4,21,22,23,25). The van der Waals surface area contributed by atoms with Crippen LogP contribution in [0, 0.1) is 0 Å². The molecule has 26 heavy (non-hydrogen) atoms. The van der Waals surface area contributed by atoms with Gasteiger partial charge in [0.2, 0.25) is 0 Å². The Kier molecular flexibility index (Phi) is 6.58. The molecule has 0 aliphatic carbocycles. The second kappa shape index (κ2) is 8.67. The third kappa shape index (κ3) is 5.20. The maximum absolute atomic E-state index is 11.9. The van der Waals surface area contributed by atoms with Crippen molar-refractivity contribution in [1.82, 2.24) is 4.90 Å². The highest BCUT2D eigenvalue weighted by Gasteiger charge is 2.13. The summed E-state index contributed by atoms with van der Waals surface area (Å²) in [5.74, 6) is 0.124. The summed E-state index contributed by atoms with van der Waals surface area (Å²) in [4.78, 5) is 17.9. The summed E-state index contributed by atoms with van der Waals surface area (Å²) in [5, 5.41) is 1.92. The number of carbonyl (C=O) groups is 1. The minimum atomic E-state index is -0.449. The van der Waals surface area contributed by atoms with Crippen molar-refractivity contribution >= 4 is 22.6 Å². The third-order valence-electron chi connectivity index (χ3n) is 4.23. The Morgan fingerprint density at radius 1 is 1.04 bits per heavy atom. The highest BCUT2D eigenvalue weighted by Crippen LogP contribution is 2.22. The molecule has 2 rings (SSSR count). The Balaban J connectivity index is 2.07. The Morgan fingerprint density at radius 3 is 2.27 bits per heavy atom. The van der Waals surface area contributed by atoms with Crippen LogP contribution in [0.25, 0.3) is 10.8 Å². The van der Waals surface area contributed by atoms with E-state index in [-0.39, 0.29) is 5.96 Å². The molecule has 0 aliphatic rings. The number of ether oxygens (including phenoxy) is 1. The number of benzene rings is 2. The Bertz CT molecular complexity index is 787. The molecule has 140 valence electrons. The summed E-state index contributed by atoms with van der Waals surface area (Å²) in [5.41, 5.74) is 11.0. The molecule has 0 heterocycles. The van der Waals surface area contributed by atoms with Gasteiger partial charge in [0.1, 0.15) is 12.4 Å². The van der Waals surface area contributed by atoms with E-state index in [2.05, 4.69) is 37.6 Å². The minimum absolute atomic E-state index is 0.240. The summed E-state index contributed by atoms with van der Waals surface area (Å²) >= 11 is 0. The number of guanidine groups is 1. The van der Waals surface area contributed by atoms with E-state index in [4.69, 9.17) is 16.2 Å². The molecule has 0 radical (unpaired) electrons. The zero-order valence-corrected chi connectivity index (χ0v) is 15.9. The smallest absolute Gasteiger partial charge is 0.280 e. The largest absolute Gasteiger partial charge is 0.492 e. The number of hydrogen-bond acceptors (Lipinski definition) is 3. The third-order valence-corrected chi connectivity index (χ3v) is 4.23. The van der Waals surface area contributed by atoms with Crippen LogP contribution in [0.4, 0.5) is 0 Å². The molecule has 0 spiro atoms. The number of amides is 1. The molecular weight excluding hydrogens is 328 g/mol. The molecule has 0 saturated carbocycles. The van der Waals surface area contributed by atoms with Crippen LogP contribution >= 0.6 is 0 Å². The zero-order valence-electron chi connectivity index (χ0n) is 15.9. The highest BCUT2D eigenvalue weighted by molar-refractivity contribution is 6.04. The van der Waals surface area contributed by atoms with Crippen molar-refractivity contribution in [3.05, 3.63) is 42.0 Å². The molecule has 0 saturated heterocycles. The van der Waals surface area contributed by atoms with Gasteiger partial charge in [0.15, 0.2) is 5.96 Å². The number of carbonyl (C=O) groups excluding carboxylic acids is 1. The van der Waals surface area contributed by atoms with Gasteiger partial charge in [0.25, 0.3) is 5.91 Å². The van der Waals surface area contributed by atoms with Gasteiger partial charge in [-0.3, -0.25) is 9.69 Å². The van der Waals surface area contributed by atoms with Gasteiger partial charge in [-0.15, -0.1) is 0 Å². The van der Waals surface area contributed by atoms with Crippen LogP contribution in [-0.2, 0) is 0 Å². The fourth-order valence-corrected chi connectivity index (χ4v) is 3.01. The molecular formula is C20H28N4O2. The second-order valence-corrected chi connectivity index (χ2v) is 6.84. The van der Waals surface area contributed by atoms with E-state index in [1.54, 1.807) is 12.1 Å². The molecule has 6 nitrogen and oxygen atoms in total. The Labute approximate surface area is 154 Å². The SMILES string of the molecule is CC(C)N(CCOc1ccc2cc(C(=O)N=C(N)N)ccc2c1)C(C)C. The lowest BCUT2D eigenvalue weighted by Crippen LogP contribution is -2.39. The van der Waals surface area contributed by atoms with Gasteiger partial charge in [-0.25, -0.2) is 0 Å². The first-order valence-electron chi connectivity index (χ1n) is 8.84. The number of fused-ring (bicyclic) bond motifs is 1. The van der Waals surface area contributed by atoms with E-state index in [1.165, 1.54) is 0 Å². The molecule has 2 aromatic rings. The second-order valence-electron chi connectivity index (χ2n) is 6.84. The summed E-state index contributed by atoms with van der Waals surface area (Å²) in [6.45, 7) is 10.3. The van der Waals surface area contributed by atoms with Gasteiger partial charge in [0, 0.05) is 24.2 Å². The van der Waals surface area contributed by atoms with Crippen LogP contribution in [0.5, 0.6) is 5.75 Å². The minimum Gasteiger partial charge on any atom is -0.492 e. The van der Waals surface area contributed by atoms with Crippen LogP contribution in [0.15, 0.2) is 41.4 Å². The topological polar surface area (TPSA) is 93.9 Å².